The molecule has 2 rings (SSSR count). The smallest absolute Gasteiger partial charge is 0.306 e. The Balaban J connectivity index is 1.90. The van der Waals surface area contributed by atoms with Gasteiger partial charge in [-0.1, -0.05) is 37.3 Å². The minimum atomic E-state index is -0.798. The molecule has 0 aliphatic carbocycles. The van der Waals surface area contributed by atoms with Crippen LogP contribution in [0.2, 0.25) is 0 Å². The lowest BCUT2D eigenvalue weighted by Crippen LogP contribution is -2.32. The van der Waals surface area contributed by atoms with Crippen LogP contribution in [0.25, 0.3) is 0 Å². The molecule has 0 radical (unpaired) electrons. The Hall–Kier alpha value is -2.41. The number of carbonyl (C=O) groups is 1. The van der Waals surface area contributed by atoms with Crippen molar-refractivity contribution in [1.82, 2.24) is 5.32 Å². The second-order valence-electron chi connectivity index (χ2n) is 7.34. The summed E-state index contributed by atoms with van der Waals surface area (Å²) in [7, 11) is 0. The van der Waals surface area contributed by atoms with Crippen LogP contribution in [0.5, 0.6) is 5.75 Å². The van der Waals surface area contributed by atoms with Crippen LogP contribution in [0, 0.1) is 5.92 Å². The number of rotatable bonds is 10. The molecule has 2 aromatic carbocycles. The van der Waals surface area contributed by atoms with E-state index in [1.54, 1.807) is 19.1 Å². The molecular weight excluding hydrogens is 358 g/mol. The van der Waals surface area contributed by atoms with E-state index >= 15 is 0 Å². The number of aromatic hydroxyl groups is 1. The lowest BCUT2D eigenvalue weighted by Gasteiger charge is -2.18. The van der Waals surface area contributed by atoms with Gasteiger partial charge in [0.1, 0.15) is 5.75 Å². The van der Waals surface area contributed by atoms with Crippen LogP contribution < -0.4 is 5.32 Å². The predicted molar refractivity (Wildman–Crippen MR) is 107 cm³/mol. The number of aliphatic hydroxyl groups excluding tert-OH is 2. The van der Waals surface area contributed by atoms with Gasteiger partial charge in [0, 0.05) is 18.2 Å². The van der Waals surface area contributed by atoms with E-state index in [1.807, 2.05) is 31.2 Å². The third-order valence-corrected chi connectivity index (χ3v) is 4.82. The van der Waals surface area contributed by atoms with Crippen LogP contribution in [0.1, 0.15) is 42.2 Å². The topological polar surface area (TPSA) is 110 Å². The first kappa shape index (κ1) is 21.9. The molecule has 0 bridgehead atoms. The number of carboxylic acids is 1. The maximum atomic E-state index is 11.0. The largest absolute Gasteiger partial charge is 0.508 e. The van der Waals surface area contributed by atoms with Gasteiger partial charge in [0.05, 0.1) is 18.6 Å². The van der Waals surface area contributed by atoms with Crippen LogP contribution in [0.4, 0.5) is 0 Å². The van der Waals surface area contributed by atoms with Gasteiger partial charge < -0.3 is 25.7 Å². The van der Waals surface area contributed by atoms with Gasteiger partial charge >= 0.3 is 5.97 Å². The van der Waals surface area contributed by atoms with E-state index in [2.05, 4.69) is 5.32 Å². The van der Waals surface area contributed by atoms with Crippen molar-refractivity contribution < 1.29 is 25.2 Å². The molecule has 0 spiro atoms. The van der Waals surface area contributed by atoms with Gasteiger partial charge in [0.25, 0.3) is 0 Å². The summed E-state index contributed by atoms with van der Waals surface area (Å²) in [6, 6.07) is 12.7. The van der Waals surface area contributed by atoms with Crippen molar-refractivity contribution in [2.24, 2.45) is 5.92 Å². The summed E-state index contributed by atoms with van der Waals surface area (Å²) in [4.78, 5) is 11.0. The Bertz CT molecular complexity index is 792. The van der Waals surface area contributed by atoms with E-state index in [9.17, 15) is 20.1 Å². The van der Waals surface area contributed by atoms with Crippen molar-refractivity contribution in [2.45, 2.75) is 45.4 Å². The molecule has 28 heavy (non-hydrogen) atoms. The monoisotopic (exact) mass is 387 g/mol. The summed E-state index contributed by atoms with van der Waals surface area (Å²) in [5.74, 6) is -1.21. The minimum absolute atomic E-state index is 0.0110. The van der Waals surface area contributed by atoms with Crippen LogP contribution in [-0.2, 0) is 24.2 Å². The van der Waals surface area contributed by atoms with Crippen molar-refractivity contribution in [3.63, 3.8) is 0 Å². The number of hydrogen-bond acceptors (Lipinski definition) is 5. The number of phenols is 1. The summed E-state index contributed by atoms with van der Waals surface area (Å²) in [6.45, 7) is 3.78. The lowest BCUT2D eigenvalue weighted by atomic mass is 9.97. The van der Waals surface area contributed by atoms with Gasteiger partial charge in [-0.3, -0.25) is 4.79 Å². The van der Waals surface area contributed by atoms with E-state index in [-0.39, 0.29) is 18.4 Å². The molecule has 0 aliphatic heterocycles. The van der Waals surface area contributed by atoms with E-state index in [0.717, 1.165) is 17.5 Å². The third-order valence-electron chi connectivity index (χ3n) is 4.82. The molecular formula is C22H29NO5. The normalized spacial score (nSPS) is 14.4. The summed E-state index contributed by atoms with van der Waals surface area (Å²) in [5.41, 5.74) is 3.13. The molecule has 1 unspecified atom stereocenters. The Kier molecular flexibility index (Phi) is 7.99. The fourth-order valence-electron chi connectivity index (χ4n) is 3.12. The van der Waals surface area contributed by atoms with Gasteiger partial charge in [-0.15, -0.1) is 0 Å². The first-order valence-electron chi connectivity index (χ1n) is 9.44. The minimum Gasteiger partial charge on any atom is -0.508 e. The van der Waals surface area contributed by atoms with Crippen LogP contribution >= 0.6 is 0 Å². The number of nitrogens with one attached hydrogen (secondary N) is 1. The van der Waals surface area contributed by atoms with Gasteiger partial charge in [0.2, 0.25) is 0 Å². The molecule has 0 heterocycles. The summed E-state index contributed by atoms with van der Waals surface area (Å²) < 4.78 is 0. The molecule has 6 nitrogen and oxygen atoms in total. The van der Waals surface area contributed by atoms with Gasteiger partial charge in [0.15, 0.2) is 0 Å². The fourth-order valence-corrected chi connectivity index (χ4v) is 3.12. The van der Waals surface area contributed by atoms with E-state index < -0.39 is 18.0 Å². The average molecular weight is 387 g/mol. The van der Waals surface area contributed by atoms with Gasteiger partial charge in [-0.25, -0.2) is 0 Å². The first-order valence-corrected chi connectivity index (χ1v) is 9.44. The molecule has 6 heteroatoms. The zero-order valence-electron chi connectivity index (χ0n) is 16.3. The number of benzene rings is 2. The number of aliphatic hydroxyl groups is 2. The predicted octanol–water partition coefficient (Wildman–Crippen LogP) is 2.40. The zero-order valence-corrected chi connectivity index (χ0v) is 16.3. The van der Waals surface area contributed by atoms with Gasteiger partial charge in [-0.2, -0.15) is 0 Å². The molecule has 2 aromatic rings. The summed E-state index contributed by atoms with van der Waals surface area (Å²) in [5, 5.41) is 41.6. The number of hydrogen-bond donors (Lipinski definition) is 5. The van der Waals surface area contributed by atoms with Crippen molar-refractivity contribution in [3.8, 4) is 5.75 Å². The maximum Gasteiger partial charge on any atom is 0.306 e. The molecule has 0 aromatic heterocycles. The quantitative estimate of drug-likeness (QED) is 0.428. The van der Waals surface area contributed by atoms with Crippen molar-refractivity contribution in [3.05, 3.63) is 64.7 Å². The molecule has 152 valence electrons. The van der Waals surface area contributed by atoms with Crippen molar-refractivity contribution in [2.75, 3.05) is 6.54 Å². The standard InChI is InChI=1S/C22H29NO5/c1-14(22(27)28)8-16-4-3-5-17(10-16)9-15(2)23-12-21(26)18-6-7-20(25)19(11-18)13-24/h3-7,10-11,14-15,21,23-26H,8-9,12-13H2,1-2H3,(H,27,28)/t14?,15-,21+/m1/s1. The molecule has 0 saturated carbocycles. The van der Waals surface area contributed by atoms with E-state index in [0.29, 0.717) is 24.1 Å². The fraction of sp³-hybridized carbons (Fsp3) is 0.409. The second-order valence-corrected chi connectivity index (χ2v) is 7.34. The van der Waals surface area contributed by atoms with E-state index in [4.69, 9.17) is 5.11 Å². The summed E-state index contributed by atoms with van der Waals surface area (Å²) in [6.07, 6.45) is 0.494. The average Bonchev–Trinajstić information content (AvgIpc) is 2.66. The highest BCUT2D eigenvalue weighted by molar-refractivity contribution is 5.69. The van der Waals surface area contributed by atoms with Crippen LogP contribution in [-0.4, -0.2) is 39.0 Å². The van der Waals surface area contributed by atoms with Gasteiger partial charge in [-0.05, 0) is 48.6 Å². The highest BCUT2D eigenvalue weighted by Gasteiger charge is 2.14. The Morgan fingerprint density at radius 2 is 1.75 bits per heavy atom. The third kappa shape index (κ3) is 6.34. The van der Waals surface area contributed by atoms with E-state index in [1.165, 1.54) is 6.07 Å². The Morgan fingerprint density at radius 3 is 2.39 bits per heavy atom. The molecule has 0 fully saturated rings. The molecule has 3 atom stereocenters. The molecule has 0 saturated heterocycles. The summed E-state index contributed by atoms with van der Waals surface area (Å²) >= 11 is 0. The second kappa shape index (κ2) is 10.2. The molecule has 5 N–H and O–H groups in total. The highest BCUT2D eigenvalue weighted by atomic mass is 16.4. The highest BCUT2D eigenvalue weighted by Crippen LogP contribution is 2.22. The Labute approximate surface area is 165 Å². The van der Waals surface area contributed by atoms with Crippen molar-refractivity contribution in [1.29, 1.82) is 0 Å². The number of aliphatic carboxylic acids is 1. The maximum absolute atomic E-state index is 11.0. The number of carboxylic acid groups (broad SMARTS) is 1. The SMILES string of the molecule is CC(Cc1cccc(C[C@@H](C)NC[C@H](O)c2ccc(O)c(CO)c2)c1)C(=O)O. The zero-order chi connectivity index (χ0) is 20.7. The van der Waals surface area contributed by atoms with Crippen molar-refractivity contribution >= 4 is 5.97 Å². The van der Waals surface area contributed by atoms with Crippen LogP contribution in [0.15, 0.2) is 42.5 Å². The first-order chi connectivity index (χ1) is 13.3. The Morgan fingerprint density at radius 1 is 1.07 bits per heavy atom. The molecule has 0 amide bonds. The molecule has 0 aliphatic rings. The van der Waals surface area contributed by atoms with Crippen LogP contribution in [0.3, 0.4) is 0 Å². The lowest BCUT2D eigenvalue weighted by molar-refractivity contribution is -0.141.